The molecule has 0 fully saturated rings. The van der Waals surface area contributed by atoms with E-state index in [9.17, 15) is 8.42 Å². The van der Waals surface area contributed by atoms with Crippen molar-refractivity contribution in [2.45, 2.75) is 4.90 Å². The molecule has 0 atom stereocenters. The molecule has 0 saturated carbocycles. The third-order valence-electron chi connectivity index (χ3n) is 2.96. The maximum Gasteiger partial charge on any atom is 0.263 e. The Hall–Kier alpha value is -1.70. The fourth-order valence-electron chi connectivity index (χ4n) is 1.94. The normalized spacial score (nSPS) is 11.5. The number of anilines is 1. The number of nitrogens with zero attached hydrogens (tertiary/aromatic N) is 2. The average molecular weight is 399 g/mol. The lowest BCUT2D eigenvalue weighted by Gasteiger charge is -2.10. The Morgan fingerprint density at radius 1 is 1.14 bits per heavy atom. The molecule has 2 aromatic heterocycles. The van der Waals surface area contributed by atoms with Gasteiger partial charge in [0.2, 0.25) is 0 Å². The second kappa shape index (κ2) is 5.83. The van der Waals surface area contributed by atoms with Crippen molar-refractivity contribution in [3.63, 3.8) is 0 Å². The Labute approximate surface area is 140 Å². The van der Waals surface area contributed by atoms with E-state index in [1.165, 1.54) is 12.3 Å². The topological polar surface area (TPSA) is 72.0 Å². The summed E-state index contributed by atoms with van der Waals surface area (Å²) in [5.74, 6) is 0. The van der Waals surface area contributed by atoms with Gasteiger partial charge in [0.05, 0.1) is 15.7 Å². The van der Waals surface area contributed by atoms with Crippen LogP contribution in [-0.4, -0.2) is 18.4 Å². The Bertz CT molecular complexity index is 958. The van der Waals surface area contributed by atoms with Gasteiger partial charge in [-0.1, -0.05) is 29.8 Å². The first-order chi connectivity index (χ1) is 10.5. The van der Waals surface area contributed by atoms with Crippen LogP contribution < -0.4 is 4.72 Å². The molecule has 0 bridgehead atoms. The summed E-state index contributed by atoms with van der Waals surface area (Å²) in [6, 6.07) is 10.3. The van der Waals surface area contributed by atoms with Gasteiger partial charge in [0.15, 0.2) is 0 Å². The van der Waals surface area contributed by atoms with Gasteiger partial charge in [-0.2, -0.15) is 0 Å². The Morgan fingerprint density at radius 3 is 2.68 bits per heavy atom. The first-order valence-electron chi connectivity index (χ1n) is 6.15. The fourth-order valence-corrected chi connectivity index (χ4v) is 3.58. The Morgan fingerprint density at radius 2 is 1.91 bits per heavy atom. The lowest BCUT2D eigenvalue weighted by atomic mass is 10.2. The molecule has 8 heteroatoms. The van der Waals surface area contributed by atoms with E-state index < -0.39 is 10.0 Å². The molecule has 3 rings (SSSR count). The zero-order valence-corrected chi connectivity index (χ0v) is 14.2. The van der Waals surface area contributed by atoms with E-state index in [0.717, 1.165) is 5.39 Å². The Kier molecular flexibility index (Phi) is 4.03. The van der Waals surface area contributed by atoms with Gasteiger partial charge >= 0.3 is 0 Å². The van der Waals surface area contributed by atoms with Crippen LogP contribution in [0.5, 0.6) is 0 Å². The van der Waals surface area contributed by atoms with Crippen molar-refractivity contribution >= 4 is 54.1 Å². The molecule has 3 aromatic rings. The predicted octanol–water partition coefficient (Wildman–Crippen LogP) is 3.85. The minimum absolute atomic E-state index is 0.0108. The molecule has 22 heavy (non-hydrogen) atoms. The lowest BCUT2D eigenvalue weighted by molar-refractivity contribution is 0.601. The Balaban J connectivity index is 2.05. The van der Waals surface area contributed by atoms with E-state index >= 15 is 0 Å². The zero-order valence-electron chi connectivity index (χ0n) is 11.0. The van der Waals surface area contributed by atoms with E-state index in [-0.39, 0.29) is 10.0 Å². The average Bonchev–Trinajstić information content (AvgIpc) is 2.50. The van der Waals surface area contributed by atoms with E-state index in [1.807, 2.05) is 12.1 Å². The number of sulfonamides is 1. The van der Waals surface area contributed by atoms with Crippen LogP contribution in [0.1, 0.15) is 0 Å². The molecule has 0 radical (unpaired) electrons. The van der Waals surface area contributed by atoms with Crippen LogP contribution >= 0.6 is 27.5 Å². The number of halogens is 2. The van der Waals surface area contributed by atoms with Gasteiger partial charge in [-0.05, 0) is 34.1 Å². The monoisotopic (exact) mass is 397 g/mol. The summed E-state index contributed by atoms with van der Waals surface area (Å²) in [5.41, 5.74) is 0.985. The molecular formula is C14H9BrClN3O2S. The van der Waals surface area contributed by atoms with Gasteiger partial charge in [-0.3, -0.25) is 9.71 Å². The number of rotatable bonds is 3. The van der Waals surface area contributed by atoms with Crippen molar-refractivity contribution in [2.75, 3.05) is 4.72 Å². The third kappa shape index (κ3) is 2.92. The highest BCUT2D eigenvalue weighted by Gasteiger charge is 2.17. The SMILES string of the molecule is O=S(=O)(Nc1cccc2cccnc12)c1cnc(Cl)c(Br)c1. The van der Waals surface area contributed by atoms with Gasteiger partial charge in [0.1, 0.15) is 10.0 Å². The summed E-state index contributed by atoms with van der Waals surface area (Å²) in [4.78, 5) is 8.06. The molecule has 112 valence electrons. The van der Waals surface area contributed by atoms with Gasteiger partial charge in [0, 0.05) is 17.8 Å². The van der Waals surface area contributed by atoms with Crippen molar-refractivity contribution in [1.29, 1.82) is 0 Å². The molecule has 2 heterocycles. The number of fused-ring (bicyclic) bond motifs is 1. The van der Waals surface area contributed by atoms with E-state index in [1.54, 1.807) is 24.4 Å². The smallest absolute Gasteiger partial charge is 0.263 e. The number of aromatic nitrogens is 2. The first-order valence-corrected chi connectivity index (χ1v) is 8.80. The molecule has 0 saturated heterocycles. The summed E-state index contributed by atoms with van der Waals surface area (Å²) in [7, 11) is -3.79. The van der Waals surface area contributed by atoms with Crippen LogP contribution in [0.25, 0.3) is 10.9 Å². The van der Waals surface area contributed by atoms with Gasteiger partial charge in [0.25, 0.3) is 10.0 Å². The van der Waals surface area contributed by atoms with Crippen molar-refractivity contribution < 1.29 is 8.42 Å². The van der Waals surface area contributed by atoms with Crippen LogP contribution in [0.4, 0.5) is 5.69 Å². The summed E-state index contributed by atoms with van der Waals surface area (Å²) >= 11 is 8.95. The molecule has 5 nitrogen and oxygen atoms in total. The summed E-state index contributed by atoms with van der Waals surface area (Å²) in [5, 5.41) is 1.05. The maximum atomic E-state index is 12.5. The van der Waals surface area contributed by atoms with E-state index in [2.05, 4.69) is 30.6 Å². The van der Waals surface area contributed by atoms with Gasteiger partial charge < -0.3 is 0 Å². The van der Waals surface area contributed by atoms with Crippen molar-refractivity contribution in [1.82, 2.24) is 9.97 Å². The van der Waals surface area contributed by atoms with E-state index in [0.29, 0.717) is 15.7 Å². The number of hydrogen-bond acceptors (Lipinski definition) is 4. The quantitative estimate of drug-likeness (QED) is 0.680. The predicted molar refractivity (Wildman–Crippen MR) is 89.5 cm³/mol. The number of hydrogen-bond donors (Lipinski definition) is 1. The highest BCUT2D eigenvalue weighted by molar-refractivity contribution is 9.10. The second-order valence-corrected chi connectivity index (χ2v) is 7.32. The zero-order chi connectivity index (χ0) is 15.7. The molecule has 0 aliphatic rings. The molecule has 0 aliphatic heterocycles. The highest BCUT2D eigenvalue weighted by atomic mass is 79.9. The summed E-state index contributed by atoms with van der Waals surface area (Å²) < 4.78 is 27.9. The number of benzene rings is 1. The van der Waals surface area contributed by atoms with Crippen LogP contribution in [0, 0.1) is 0 Å². The molecule has 1 aromatic carbocycles. The number of nitrogens with one attached hydrogen (secondary N) is 1. The highest BCUT2D eigenvalue weighted by Crippen LogP contribution is 2.26. The third-order valence-corrected chi connectivity index (χ3v) is 5.42. The van der Waals surface area contributed by atoms with Gasteiger partial charge in [-0.15, -0.1) is 0 Å². The molecule has 0 unspecified atom stereocenters. The summed E-state index contributed by atoms with van der Waals surface area (Å²) in [6.07, 6.45) is 2.81. The minimum Gasteiger partial charge on any atom is -0.277 e. The van der Waals surface area contributed by atoms with Gasteiger partial charge in [-0.25, -0.2) is 13.4 Å². The van der Waals surface area contributed by atoms with Crippen molar-refractivity contribution in [3.05, 3.63) is 58.4 Å². The van der Waals surface area contributed by atoms with Crippen LogP contribution in [0.3, 0.4) is 0 Å². The first kappa shape index (κ1) is 15.2. The fraction of sp³-hybridized carbons (Fsp3) is 0. The second-order valence-electron chi connectivity index (χ2n) is 4.43. The lowest BCUT2D eigenvalue weighted by Crippen LogP contribution is -2.13. The maximum absolute atomic E-state index is 12.5. The van der Waals surface area contributed by atoms with Crippen molar-refractivity contribution in [3.8, 4) is 0 Å². The van der Waals surface area contributed by atoms with Crippen LogP contribution in [0.15, 0.2) is 58.2 Å². The van der Waals surface area contributed by atoms with Crippen LogP contribution in [0.2, 0.25) is 5.15 Å². The number of pyridine rings is 2. The molecule has 1 N–H and O–H groups in total. The van der Waals surface area contributed by atoms with Crippen LogP contribution in [-0.2, 0) is 10.0 Å². The number of para-hydroxylation sites is 1. The summed E-state index contributed by atoms with van der Waals surface area (Å²) in [6.45, 7) is 0. The molecule has 0 aliphatic carbocycles. The van der Waals surface area contributed by atoms with E-state index in [4.69, 9.17) is 11.6 Å². The largest absolute Gasteiger partial charge is 0.277 e. The molecule has 0 spiro atoms. The van der Waals surface area contributed by atoms with Crippen molar-refractivity contribution in [2.24, 2.45) is 0 Å². The standard InChI is InChI=1S/C14H9BrClN3O2S/c15-11-7-10(8-18-14(11)16)22(20,21)19-12-5-1-3-9-4-2-6-17-13(9)12/h1-8,19H. The molecule has 0 amide bonds. The minimum atomic E-state index is -3.79. The molecular weight excluding hydrogens is 390 g/mol.